The minimum Gasteiger partial charge on any atom is -0.489 e. The van der Waals surface area contributed by atoms with Crippen LogP contribution in [0.5, 0.6) is 11.5 Å². The lowest BCUT2D eigenvalue weighted by atomic mass is 10.0. The number of pyridine rings is 1. The van der Waals surface area contributed by atoms with Crippen molar-refractivity contribution >= 4 is 5.91 Å². The monoisotopic (exact) mass is 418 g/mol. The number of benzene rings is 2. The Kier molecular flexibility index (Phi) is 7.65. The van der Waals surface area contributed by atoms with Gasteiger partial charge in [-0.3, -0.25) is 9.78 Å². The second kappa shape index (κ2) is 10.6. The van der Waals surface area contributed by atoms with Crippen LogP contribution < -0.4 is 14.8 Å². The second-order valence-corrected chi connectivity index (χ2v) is 7.94. The molecule has 0 aliphatic carbocycles. The molecule has 2 aromatic carbocycles. The van der Waals surface area contributed by atoms with Crippen molar-refractivity contribution in [2.24, 2.45) is 0 Å². The van der Waals surface area contributed by atoms with Gasteiger partial charge in [-0.05, 0) is 61.2 Å². The van der Waals surface area contributed by atoms with Gasteiger partial charge in [-0.25, -0.2) is 0 Å². The molecule has 5 nitrogen and oxygen atoms in total. The van der Waals surface area contributed by atoms with Crippen LogP contribution in [-0.2, 0) is 11.4 Å². The minimum atomic E-state index is -0.591. The van der Waals surface area contributed by atoms with Crippen molar-refractivity contribution in [3.05, 3.63) is 89.7 Å². The fourth-order valence-electron chi connectivity index (χ4n) is 3.12. The lowest BCUT2D eigenvalue weighted by Crippen LogP contribution is -2.37. The Hall–Kier alpha value is -3.34. The van der Waals surface area contributed by atoms with Crippen molar-refractivity contribution in [2.45, 2.75) is 52.4 Å². The van der Waals surface area contributed by atoms with E-state index >= 15 is 0 Å². The maximum Gasteiger partial charge on any atom is 0.261 e. The van der Waals surface area contributed by atoms with Crippen LogP contribution in [0.25, 0.3) is 0 Å². The molecule has 1 N–H and O–H groups in total. The highest BCUT2D eigenvalue weighted by Crippen LogP contribution is 2.22. The molecule has 0 saturated heterocycles. The molecule has 1 amide bonds. The van der Waals surface area contributed by atoms with Crippen LogP contribution in [-0.4, -0.2) is 17.0 Å². The third kappa shape index (κ3) is 6.57. The van der Waals surface area contributed by atoms with Gasteiger partial charge in [0, 0.05) is 18.0 Å². The summed E-state index contributed by atoms with van der Waals surface area (Å²) >= 11 is 0. The fraction of sp³-hybridized carbons (Fsp3) is 0.308. The highest BCUT2D eigenvalue weighted by atomic mass is 16.5. The molecule has 1 aromatic heterocycles. The highest BCUT2D eigenvalue weighted by Gasteiger charge is 2.18. The number of nitrogens with one attached hydrogen (secondary N) is 1. The average molecular weight is 419 g/mol. The normalized spacial score (nSPS) is 12.8. The van der Waals surface area contributed by atoms with E-state index in [2.05, 4.69) is 30.2 Å². The third-order valence-electron chi connectivity index (χ3n) is 5.07. The maximum absolute atomic E-state index is 12.6. The molecule has 0 aliphatic heterocycles. The van der Waals surface area contributed by atoms with Gasteiger partial charge in [-0.1, -0.05) is 44.2 Å². The number of carbonyl (C=O) groups is 1. The molecule has 5 heteroatoms. The van der Waals surface area contributed by atoms with Crippen molar-refractivity contribution in [1.82, 2.24) is 10.3 Å². The summed E-state index contributed by atoms with van der Waals surface area (Å²) in [6.07, 6.45) is 2.93. The van der Waals surface area contributed by atoms with Crippen molar-refractivity contribution in [3.8, 4) is 11.5 Å². The summed E-state index contributed by atoms with van der Waals surface area (Å²) in [7, 11) is 0. The molecule has 0 fully saturated rings. The van der Waals surface area contributed by atoms with Crippen LogP contribution in [0, 0.1) is 0 Å². The summed E-state index contributed by atoms with van der Waals surface area (Å²) in [6, 6.07) is 19.3. The molecule has 0 saturated carbocycles. The lowest BCUT2D eigenvalue weighted by molar-refractivity contribution is -0.127. The number of hydrogen-bond donors (Lipinski definition) is 1. The van der Waals surface area contributed by atoms with Crippen LogP contribution in [0.3, 0.4) is 0 Å². The second-order valence-electron chi connectivity index (χ2n) is 7.94. The summed E-state index contributed by atoms with van der Waals surface area (Å²) in [5.41, 5.74) is 3.19. The molecule has 2 atom stereocenters. The van der Waals surface area contributed by atoms with Gasteiger partial charge in [0.2, 0.25) is 0 Å². The molecule has 31 heavy (non-hydrogen) atoms. The highest BCUT2D eigenvalue weighted by molar-refractivity contribution is 5.81. The third-order valence-corrected chi connectivity index (χ3v) is 5.07. The van der Waals surface area contributed by atoms with Crippen molar-refractivity contribution in [3.63, 3.8) is 0 Å². The first kappa shape index (κ1) is 22.3. The van der Waals surface area contributed by atoms with E-state index in [0.717, 1.165) is 16.9 Å². The predicted molar refractivity (Wildman–Crippen MR) is 122 cm³/mol. The van der Waals surface area contributed by atoms with Crippen LogP contribution in [0.15, 0.2) is 73.1 Å². The Morgan fingerprint density at radius 2 is 1.71 bits per heavy atom. The van der Waals surface area contributed by atoms with Gasteiger partial charge in [0.1, 0.15) is 18.1 Å². The van der Waals surface area contributed by atoms with Crippen LogP contribution >= 0.6 is 0 Å². The molecule has 0 aliphatic rings. The zero-order valence-corrected chi connectivity index (χ0v) is 18.5. The number of hydrogen-bond acceptors (Lipinski definition) is 4. The number of ether oxygens (including phenoxy) is 2. The summed E-state index contributed by atoms with van der Waals surface area (Å²) < 4.78 is 11.7. The summed E-state index contributed by atoms with van der Waals surface area (Å²) in [4.78, 5) is 16.7. The van der Waals surface area contributed by atoms with Crippen molar-refractivity contribution in [1.29, 1.82) is 0 Å². The van der Waals surface area contributed by atoms with Crippen LogP contribution in [0.4, 0.5) is 0 Å². The predicted octanol–water partition coefficient (Wildman–Crippen LogP) is 5.43. The van der Waals surface area contributed by atoms with E-state index in [4.69, 9.17) is 9.47 Å². The zero-order chi connectivity index (χ0) is 22.2. The quantitative estimate of drug-likeness (QED) is 0.503. The van der Waals surface area contributed by atoms with Gasteiger partial charge in [0.05, 0.1) is 6.04 Å². The van der Waals surface area contributed by atoms with E-state index in [9.17, 15) is 4.79 Å². The molecule has 2 unspecified atom stereocenters. The first-order chi connectivity index (χ1) is 14.9. The summed E-state index contributed by atoms with van der Waals surface area (Å²) in [5.74, 6) is 1.73. The summed E-state index contributed by atoms with van der Waals surface area (Å²) in [6.45, 7) is 8.44. The number of amides is 1. The first-order valence-corrected chi connectivity index (χ1v) is 10.6. The largest absolute Gasteiger partial charge is 0.489 e. The summed E-state index contributed by atoms with van der Waals surface area (Å²) in [5, 5.41) is 3.02. The lowest BCUT2D eigenvalue weighted by Gasteiger charge is -2.20. The molecule has 0 radical (unpaired) electrons. The topological polar surface area (TPSA) is 60.5 Å². The van der Waals surface area contributed by atoms with E-state index in [1.165, 1.54) is 5.56 Å². The van der Waals surface area contributed by atoms with Gasteiger partial charge < -0.3 is 14.8 Å². The van der Waals surface area contributed by atoms with Gasteiger partial charge in [0.15, 0.2) is 6.10 Å². The molecule has 3 rings (SSSR count). The van der Waals surface area contributed by atoms with E-state index in [1.807, 2.05) is 61.5 Å². The van der Waals surface area contributed by atoms with E-state index in [-0.39, 0.29) is 11.9 Å². The Balaban J connectivity index is 1.52. The zero-order valence-electron chi connectivity index (χ0n) is 18.5. The molecule has 3 aromatic rings. The van der Waals surface area contributed by atoms with E-state index in [1.54, 1.807) is 19.3 Å². The number of rotatable bonds is 9. The SMILES string of the molecule is CC(Oc1cccc(C(C)C)c1)C(=O)NC(C)c1ccc(OCc2cccnc2)cc1. The Morgan fingerprint density at radius 3 is 2.39 bits per heavy atom. The van der Waals surface area contributed by atoms with Crippen LogP contribution in [0.2, 0.25) is 0 Å². The number of aromatic nitrogens is 1. The van der Waals surface area contributed by atoms with Gasteiger partial charge in [0.25, 0.3) is 5.91 Å². The Morgan fingerprint density at radius 1 is 0.935 bits per heavy atom. The van der Waals surface area contributed by atoms with Gasteiger partial charge in [-0.15, -0.1) is 0 Å². The fourth-order valence-corrected chi connectivity index (χ4v) is 3.12. The molecule has 1 heterocycles. The average Bonchev–Trinajstić information content (AvgIpc) is 2.78. The van der Waals surface area contributed by atoms with Crippen molar-refractivity contribution < 1.29 is 14.3 Å². The molecule has 0 bridgehead atoms. The number of nitrogens with zero attached hydrogens (tertiary/aromatic N) is 1. The Bertz CT molecular complexity index is 971. The van der Waals surface area contributed by atoms with E-state index in [0.29, 0.717) is 18.3 Å². The van der Waals surface area contributed by atoms with Gasteiger partial charge in [-0.2, -0.15) is 0 Å². The number of carbonyl (C=O) groups excluding carboxylic acids is 1. The Labute approximate surface area is 184 Å². The standard InChI is InChI=1S/C26H30N2O3/c1-18(2)23-8-5-9-25(15-23)31-20(4)26(29)28-19(3)22-10-12-24(13-11-22)30-17-21-7-6-14-27-16-21/h5-16,18-20H,17H2,1-4H3,(H,28,29). The van der Waals surface area contributed by atoms with E-state index < -0.39 is 6.10 Å². The first-order valence-electron chi connectivity index (χ1n) is 10.6. The smallest absolute Gasteiger partial charge is 0.261 e. The molecular weight excluding hydrogens is 388 g/mol. The molecule has 162 valence electrons. The minimum absolute atomic E-state index is 0.145. The maximum atomic E-state index is 12.6. The van der Waals surface area contributed by atoms with Crippen LogP contribution in [0.1, 0.15) is 56.3 Å². The molecular formula is C26H30N2O3. The van der Waals surface area contributed by atoms with Crippen molar-refractivity contribution in [2.75, 3.05) is 0 Å². The molecule has 0 spiro atoms. The van der Waals surface area contributed by atoms with Gasteiger partial charge >= 0.3 is 0 Å².